The molecule has 0 amide bonds. The number of aromatic nitrogens is 2. The fourth-order valence-corrected chi connectivity index (χ4v) is 4.10. The smallest absolute Gasteiger partial charge is 0.135 e. The number of nitrogens with zero attached hydrogens (tertiary/aromatic N) is 4. The van der Waals surface area contributed by atoms with E-state index < -0.39 is 0 Å². The molecule has 3 heterocycles. The van der Waals surface area contributed by atoms with Crippen molar-refractivity contribution >= 4 is 17.2 Å². The van der Waals surface area contributed by atoms with Gasteiger partial charge in [0.1, 0.15) is 12.1 Å². The molecule has 0 spiro atoms. The third-order valence-electron chi connectivity index (χ3n) is 4.48. The van der Waals surface area contributed by atoms with Gasteiger partial charge in [0.2, 0.25) is 0 Å². The van der Waals surface area contributed by atoms with Crippen molar-refractivity contribution in [3.8, 4) is 0 Å². The molecule has 1 aliphatic heterocycles. The van der Waals surface area contributed by atoms with E-state index in [4.69, 9.17) is 0 Å². The Bertz CT molecular complexity index is 603. The van der Waals surface area contributed by atoms with Crippen LogP contribution in [0.25, 0.3) is 0 Å². The number of piperazine rings is 1. The van der Waals surface area contributed by atoms with Crippen LogP contribution in [0.15, 0.2) is 23.8 Å². The number of aryl methyl sites for hydroxylation is 1. The molecule has 0 radical (unpaired) electrons. The molecule has 110 valence electrons. The van der Waals surface area contributed by atoms with Gasteiger partial charge in [-0.3, -0.25) is 4.90 Å². The minimum absolute atomic E-state index is 1.08. The molecule has 1 fully saturated rings. The minimum atomic E-state index is 1.08. The fraction of sp³-hybridized carbons (Fsp3) is 0.500. The first-order chi connectivity index (χ1) is 10.4. The highest BCUT2D eigenvalue weighted by molar-refractivity contribution is 7.09. The maximum Gasteiger partial charge on any atom is 0.135 e. The van der Waals surface area contributed by atoms with Gasteiger partial charge < -0.3 is 4.90 Å². The summed E-state index contributed by atoms with van der Waals surface area (Å²) in [6.45, 7) is 5.49. The second-order valence-corrected chi connectivity index (χ2v) is 6.85. The van der Waals surface area contributed by atoms with Crippen LogP contribution in [0.5, 0.6) is 0 Å². The SMILES string of the molecule is c1csc(CN2CCN(c3ncnc4c3CCC4)CC2)c1. The van der Waals surface area contributed by atoms with E-state index in [0.29, 0.717) is 0 Å². The highest BCUT2D eigenvalue weighted by Gasteiger charge is 2.24. The van der Waals surface area contributed by atoms with Gasteiger partial charge in [0.15, 0.2) is 0 Å². The Morgan fingerprint density at radius 2 is 2.00 bits per heavy atom. The second-order valence-electron chi connectivity index (χ2n) is 5.82. The first-order valence-corrected chi connectivity index (χ1v) is 8.60. The molecule has 0 saturated carbocycles. The molecule has 2 aromatic rings. The lowest BCUT2D eigenvalue weighted by Crippen LogP contribution is -2.46. The van der Waals surface area contributed by atoms with Crippen LogP contribution in [-0.4, -0.2) is 41.0 Å². The van der Waals surface area contributed by atoms with E-state index >= 15 is 0 Å². The van der Waals surface area contributed by atoms with Crippen molar-refractivity contribution in [2.45, 2.75) is 25.8 Å². The number of rotatable bonds is 3. The zero-order valence-electron chi connectivity index (χ0n) is 12.2. The highest BCUT2D eigenvalue weighted by atomic mass is 32.1. The molecule has 0 N–H and O–H groups in total. The number of hydrogen-bond donors (Lipinski definition) is 0. The van der Waals surface area contributed by atoms with Crippen LogP contribution in [0.3, 0.4) is 0 Å². The molecule has 5 heteroatoms. The highest BCUT2D eigenvalue weighted by Crippen LogP contribution is 2.28. The molecule has 21 heavy (non-hydrogen) atoms. The number of fused-ring (bicyclic) bond motifs is 1. The number of hydrogen-bond acceptors (Lipinski definition) is 5. The maximum absolute atomic E-state index is 4.57. The van der Waals surface area contributed by atoms with Crippen LogP contribution in [-0.2, 0) is 19.4 Å². The predicted molar refractivity (Wildman–Crippen MR) is 85.9 cm³/mol. The second kappa shape index (κ2) is 5.73. The normalized spacial score (nSPS) is 19.0. The molecule has 4 rings (SSSR count). The third-order valence-corrected chi connectivity index (χ3v) is 5.34. The Balaban J connectivity index is 1.42. The Morgan fingerprint density at radius 3 is 2.81 bits per heavy atom. The lowest BCUT2D eigenvalue weighted by Gasteiger charge is -2.35. The molecule has 2 aromatic heterocycles. The van der Waals surface area contributed by atoms with Gasteiger partial charge in [-0.1, -0.05) is 6.07 Å². The first-order valence-electron chi connectivity index (χ1n) is 7.72. The van der Waals surface area contributed by atoms with Crippen molar-refractivity contribution < 1.29 is 0 Å². The van der Waals surface area contributed by atoms with Gasteiger partial charge in [0.25, 0.3) is 0 Å². The lowest BCUT2D eigenvalue weighted by molar-refractivity contribution is 0.251. The van der Waals surface area contributed by atoms with Gasteiger partial charge >= 0.3 is 0 Å². The molecule has 2 aliphatic rings. The van der Waals surface area contributed by atoms with Gasteiger partial charge in [-0.25, -0.2) is 9.97 Å². The molecule has 0 bridgehead atoms. The third kappa shape index (κ3) is 2.68. The Labute approximate surface area is 129 Å². The maximum atomic E-state index is 4.57. The molecule has 0 unspecified atom stereocenters. The largest absolute Gasteiger partial charge is 0.354 e. The molecule has 1 saturated heterocycles. The molecule has 1 aliphatic carbocycles. The Kier molecular flexibility index (Phi) is 3.61. The van der Waals surface area contributed by atoms with E-state index in [-0.39, 0.29) is 0 Å². The summed E-state index contributed by atoms with van der Waals surface area (Å²) in [7, 11) is 0. The van der Waals surface area contributed by atoms with Crippen LogP contribution in [0, 0.1) is 0 Å². The summed E-state index contributed by atoms with van der Waals surface area (Å²) in [5, 5.41) is 2.16. The first kappa shape index (κ1) is 13.2. The zero-order chi connectivity index (χ0) is 14.1. The standard InChI is InChI=1S/C16H20N4S/c1-4-14-15(5-1)17-12-18-16(14)20-8-6-19(7-9-20)11-13-3-2-10-21-13/h2-3,10,12H,1,4-9,11H2. The zero-order valence-corrected chi connectivity index (χ0v) is 13.0. The summed E-state index contributed by atoms with van der Waals surface area (Å²) < 4.78 is 0. The van der Waals surface area contributed by atoms with Gasteiger partial charge in [-0.2, -0.15) is 0 Å². The van der Waals surface area contributed by atoms with Crippen molar-refractivity contribution in [1.82, 2.24) is 14.9 Å². The van der Waals surface area contributed by atoms with E-state index in [2.05, 4.69) is 37.3 Å². The Morgan fingerprint density at radius 1 is 1.10 bits per heavy atom. The van der Waals surface area contributed by atoms with Crippen molar-refractivity contribution in [2.75, 3.05) is 31.1 Å². The molecule has 4 nitrogen and oxygen atoms in total. The molecular formula is C16H20N4S. The van der Waals surface area contributed by atoms with Crippen molar-refractivity contribution in [2.24, 2.45) is 0 Å². The van der Waals surface area contributed by atoms with Gasteiger partial charge in [0, 0.05) is 48.9 Å². The van der Waals surface area contributed by atoms with Crippen LogP contribution >= 0.6 is 11.3 Å². The monoisotopic (exact) mass is 300 g/mol. The van der Waals surface area contributed by atoms with Crippen LogP contribution in [0.4, 0.5) is 5.82 Å². The summed E-state index contributed by atoms with van der Waals surface area (Å²) in [6, 6.07) is 4.37. The van der Waals surface area contributed by atoms with E-state index in [1.165, 1.54) is 28.4 Å². The summed E-state index contributed by atoms with van der Waals surface area (Å²) >= 11 is 1.85. The topological polar surface area (TPSA) is 32.3 Å². The molecule has 0 aromatic carbocycles. The van der Waals surface area contributed by atoms with E-state index in [9.17, 15) is 0 Å². The average Bonchev–Trinajstić information content (AvgIpc) is 3.18. The summed E-state index contributed by atoms with van der Waals surface area (Å²) in [5.41, 5.74) is 2.69. The quantitative estimate of drug-likeness (QED) is 0.871. The van der Waals surface area contributed by atoms with Crippen LogP contribution in [0.1, 0.15) is 22.6 Å². The van der Waals surface area contributed by atoms with Crippen LogP contribution in [0.2, 0.25) is 0 Å². The summed E-state index contributed by atoms with van der Waals surface area (Å²) in [4.78, 5) is 15.5. The van der Waals surface area contributed by atoms with Gasteiger partial charge in [0.05, 0.1) is 0 Å². The summed E-state index contributed by atoms with van der Waals surface area (Å²) in [6.07, 6.45) is 5.26. The number of thiophene rings is 1. The van der Waals surface area contributed by atoms with Crippen molar-refractivity contribution in [3.63, 3.8) is 0 Å². The average molecular weight is 300 g/mol. The van der Waals surface area contributed by atoms with Gasteiger partial charge in [-0.05, 0) is 30.7 Å². The van der Waals surface area contributed by atoms with Crippen molar-refractivity contribution in [3.05, 3.63) is 40.0 Å². The summed E-state index contributed by atoms with van der Waals surface area (Å²) in [5.74, 6) is 1.20. The van der Waals surface area contributed by atoms with Gasteiger partial charge in [-0.15, -0.1) is 11.3 Å². The van der Waals surface area contributed by atoms with E-state index in [1.807, 2.05) is 11.3 Å². The predicted octanol–water partition coefficient (Wildman–Crippen LogP) is 2.35. The number of anilines is 1. The van der Waals surface area contributed by atoms with E-state index in [0.717, 1.165) is 45.6 Å². The fourth-order valence-electron chi connectivity index (χ4n) is 3.36. The lowest BCUT2D eigenvalue weighted by atomic mass is 10.2. The van der Waals surface area contributed by atoms with E-state index in [1.54, 1.807) is 6.33 Å². The van der Waals surface area contributed by atoms with Crippen molar-refractivity contribution in [1.29, 1.82) is 0 Å². The minimum Gasteiger partial charge on any atom is -0.354 e. The Hall–Kier alpha value is -1.46. The van der Waals surface area contributed by atoms with Crippen LogP contribution < -0.4 is 4.90 Å². The molecule has 0 atom stereocenters. The molecular weight excluding hydrogens is 280 g/mol.